The first kappa shape index (κ1) is 34.4. The molecular weight excluding hydrogens is 784 g/mol. The quantitative estimate of drug-likeness (QED) is 0.150. The van der Waals surface area contributed by atoms with E-state index in [1.807, 2.05) is 30.5 Å². The van der Waals surface area contributed by atoms with Crippen LogP contribution < -0.4 is 4.74 Å². The molecule has 0 radical (unpaired) electrons. The van der Waals surface area contributed by atoms with Gasteiger partial charge in [-0.25, -0.2) is 4.98 Å². The summed E-state index contributed by atoms with van der Waals surface area (Å²) in [5, 5.41) is 7.50. The fraction of sp³-hybridized carbons (Fsp3) is 0.256. The normalized spacial score (nSPS) is 11.9. The second-order valence-electron chi connectivity index (χ2n) is 14.3. The predicted octanol–water partition coefficient (Wildman–Crippen LogP) is 11.3. The van der Waals surface area contributed by atoms with E-state index in [9.17, 15) is 0 Å². The van der Waals surface area contributed by atoms with Crippen molar-refractivity contribution in [1.82, 2.24) is 19.3 Å². The van der Waals surface area contributed by atoms with Gasteiger partial charge in [0.25, 0.3) is 0 Å². The molecule has 0 atom stereocenters. The Hall–Kier alpha value is -4.47. The van der Waals surface area contributed by atoms with Crippen LogP contribution in [0.3, 0.4) is 0 Å². The molecule has 0 amide bonds. The van der Waals surface area contributed by atoms with Gasteiger partial charge in [-0.3, -0.25) is 4.68 Å². The molecular formula is C43H42N4OPt. The first-order chi connectivity index (χ1) is 23.0. The van der Waals surface area contributed by atoms with E-state index in [2.05, 4.69) is 144 Å². The molecule has 0 unspecified atom stereocenters. The molecule has 0 fully saturated rings. The topological polar surface area (TPSA) is 44.9 Å². The number of hydrogen-bond donors (Lipinski definition) is 0. The molecule has 0 aliphatic heterocycles. The predicted molar refractivity (Wildman–Crippen MR) is 197 cm³/mol. The average molecular weight is 826 g/mol. The molecule has 0 N–H and O–H groups in total. The number of pyridine rings is 1. The van der Waals surface area contributed by atoms with Gasteiger partial charge in [-0.05, 0) is 70.1 Å². The van der Waals surface area contributed by atoms with Crippen LogP contribution in [0.25, 0.3) is 44.4 Å². The molecule has 0 aliphatic rings. The van der Waals surface area contributed by atoms with Crippen molar-refractivity contribution in [3.63, 3.8) is 0 Å². The van der Waals surface area contributed by atoms with Crippen LogP contribution in [0.15, 0.2) is 97.2 Å². The maximum absolute atomic E-state index is 6.50. The molecule has 7 rings (SSSR count). The van der Waals surface area contributed by atoms with E-state index in [0.717, 1.165) is 44.6 Å². The van der Waals surface area contributed by atoms with Crippen molar-refractivity contribution in [2.75, 3.05) is 0 Å². The Morgan fingerprint density at radius 2 is 1.51 bits per heavy atom. The number of nitrogens with zero attached hydrogens (tertiary/aromatic N) is 4. The van der Waals surface area contributed by atoms with Crippen LogP contribution in [0, 0.1) is 19.1 Å². The van der Waals surface area contributed by atoms with Crippen LogP contribution in [0.1, 0.15) is 82.8 Å². The molecule has 3 heterocycles. The second kappa shape index (κ2) is 13.4. The third kappa shape index (κ3) is 6.49. The summed E-state index contributed by atoms with van der Waals surface area (Å²) in [4.78, 5) is 4.71. The van der Waals surface area contributed by atoms with Gasteiger partial charge in [0.05, 0.1) is 11.4 Å². The summed E-state index contributed by atoms with van der Waals surface area (Å²) < 4.78 is 10.7. The van der Waals surface area contributed by atoms with Crippen LogP contribution in [0.2, 0.25) is 0 Å². The number of ether oxygens (including phenoxy) is 1. The zero-order valence-corrected chi connectivity index (χ0v) is 31.7. The summed E-state index contributed by atoms with van der Waals surface area (Å²) >= 11 is 0. The molecule has 0 saturated carbocycles. The molecule has 4 aromatic carbocycles. The van der Waals surface area contributed by atoms with Crippen molar-refractivity contribution in [3.8, 4) is 34.1 Å². The van der Waals surface area contributed by atoms with Gasteiger partial charge in [0.15, 0.2) is 0 Å². The van der Waals surface area contributed by atoms with Gasteiger partial charge in [-0.2, -0.15) is 17.2 Å². The first-order valence-corrected chi connectivity index (χ1v) is 16.8. The number of fused-ring (bicyclic) bond motifs is 3. The van der Waals surface area contributed by atoms with Crippen molar-refractivity contribution >= 4 is 21.8 Å². The Morgan fingerprint density at radius 1 is 0.755 bits per heavy atom. The van der Waals surface area contributed by atoms with Crippen LogP contribution in [-0.4, -0.2) is 19.3 Å². The van der Waals surface area contributed by atoms with Crippen LogP contribution in [-0.2, 0) is 26.5 Å². The minimum Gasteiger partial charge on any atom is -0.509 e. The van der Waals surface area contributed by atoms with Crippen LogP contribution in [0.5, 0.6) is 11.5 Å². The molecule has 250 valence electrons. The number of para-hydroxylation sites is 1. The van der Waals surface area contributed by atoms with E-state index in [0.29, 0.717) is 11.5 Å². The Bertz CT molecular complexity index is 2290. The third-order valence-corrected chi connectivity index (χ3v) is 8.95. The number of aryl methyl sites for hydroxylation is 1. The number of aromatic nitrogens is 4. The molecule has 0 saturated heterocycles. The molecule has 0 spiro atoms. The van der Waals surface area contributed by atoms with E-state index in [1.165, 1.54) is 22.4 Å². The van der Waals surface area contributed by atoms with Gasteiger partial charge in [0.1, 0.15) is 5.82 Å². The fourth-order valence-electron chi connectivity index (χ4n) is 6.56. The molecule has 7 aromatic rings. The van der Waals surface area contributed by atoms with Crippen LogP contribution in [0.4, 0.5) is 0 Å². The summed E-state index contributed by atoms with van der Waals surface area (Å²) in [6, 6.07) is 38.6. The number of benzene rings is 4. The third-order valence-electron chi connectivity index (χ3n) is 8.95. The summed E-state index contributed by atoms with van der Waals surface area (Å²) in [5.74, 6) is 2.54. The number of hydrogen-bond acceptors (Lipinski definition) is 3. The Kier molecular flexibility index (Phi) is 9.44. The van der Waals surface area contributed by atoms with E-state index in [1.54, 1.807) is 0 Å². The van der Waals surface area contributed by atoms with Crippen molar-refractivity contribution in [3.05, 3.63) is 132 Å². The standard InChI is InChI=1S/C43H42N4O.Pt/c1-27(2)41-40(30-13-11-14-31(24-30)43(6,7)8)42(28(3)4)47(45-41)32-15-12-16-33(25-32)48-34-19-20-36-35-17-9-10-18-37(35)46(38(36)26-34)39-23-29(5)21-22-44-39;/h9-24,27-28H,1-8H3;/q-2;+2. The van der Waals surface area contributed by atoms with Gasteiger partial charge < -0.3 is 9.30 Å². The van der Waals surface area contributed by atoms with Crippen molar-refractivity contribution in [1.29, 1.82) is 0 Å². The van der Waals surface area contributed by atoms with Gasteiger partial charge in [0.2, 0.25) is 0 Å². The molecule has 0 aliphatic carbocycles. The minimum absolute atomic E-state index is 0. The van der Waals surface area contributed by atoms with Gasteiger partial charge in [0, 0.05) is 28.8 Å². The Morgan fingerprint density at radius 3 is 2.24 bits per heavy atom. The smallest absolute Gasteiger partial charge is 0.509 e. The van der Waals surface area contributed by atoms with E-state index in [4.69, 9.17) is 14.8 Å². The van der Waals surface area contributed by atoms with Crippen LogP contribution >= 0.6 is 0 Å². The Labute approximate surface area is 304 Å². The summed E-state index contributed by atoms with van der Waals surface area (Å²) in [6.07, 6.45) is 1.85. The first-order valence-electron chi connectivity index (χ1n) is 16.8. The summed E-state index contributed by atoms with van der Waals surface area (Å²) in [6.45, 7) is 17.8. The molecule has 0 bridgehead atoms. The summed E-state index contributed by atoms with van der Waals surface area (Å²) in [5.41, 5.74) is 10.0. The number of rotatable bonds is 7. The Balaban J connectivity index is 0.00000417. The van der Waals surface area contributed by atoms with Gasteiger partial charge in [-0.1, -0.05) is 96.4 Å². The second-order valence-corrected chi connectivity index (χ2v) is 14.3. The maximum Gasteiger partial charge on any atom is 2.00 e. The minimum atomic E-state index is 0. The molecule has 3 aromatic heterocycles. The monoisotopic (exact) mass is 825 g/mol. The van der Waals surface area contributed by atoms with E-state index >= 15 is 0 Å². The average Bonchev–Trinajstić information content (AvgIpc) is 3.62. The zero-order chi connectivity index (χ0) is 33.7. The van der Waals surface area contributed by atoms with Crippen molar-refractivity contribution < 1.29 is 25.8 Å². The summed E-state index contributed by atoms with van der Waals surface area (Å²) in [7, 11) is 0. The van der Waals surface area contributed by atoms with Gasteiger partial charge in [-0.15, -0.1) is 35.7 Å². The van der Waals surface area contributed by atoms with E-state index in [-0.39, 0.29) is 38.3 Å². The molecule has 49 heavy (non-hydrogen) atoms. The van der Waals surface area contributed by atoms with Crippen molar-refractivity contribution in [2.24, 2.45) is 0 Å². The molecule has 5 nitrogen and oxygen atoms in total. The SMILES string of the molecule is Cc1ccnc(-n2c3[c-]c(Oc4[c-]c(-n5nc(C(C)C)c(-c6cccc(C(C)(C)C)c6)c5C(C)C)ccc4)ccc3c3ccccc32)c1.[Pt+2]. The zero-order valence-electron chi connectivity index (χ0n) is 29.4. The fourth-order valence-corrected chi connectivity index (χ4v) is 6.56. The largest absolute Gasteiger partial charge is 2.00 e. The van der Waals surface area contributed by atoms with E-state index < -0.39 is 0 Å². The maximum atomic E-state index is 6.50. The van der Waals surface area contributed by atoms with Gasteiger partial charge >= 0.3 is 21.1 Å². The molecule has 6 heteroatoms. The van der Waals surface area contributed by atoms with Crippen molar-refractivity contribution in [2.45, 2.75) is 72.6 Å².